The fourth-order valence-corrected chi connectivity index (χ4v) is 1.45. The Kier molecular flexibility index (Phi) is 3.08. The minimum absolute atomic E-state index is 0.275. The predicted molar refractivity (Wildman–Crippen MR) is 61.3 cm³/mol. The van der Waals surface area contributed by atoms with Crippen molar-refractivity contribution >= 4 is 0 Å². The summed E-state index contributed by atoms with van der Waals surface area (Å²) >= 11 is 0. The van der Waals surface area contributed by atoms with Crippen LogP contribution in [0.25, 0.3) is 0 Å². The number of aryl methyl sites for hydroxylation is 2. The van der Waals surface area contributed by atoms with E-state index in [2.05, 4.69) is 15.2 Å². The smallest absolute Gasteiger partial charge is 0.171 e. The van der Waals surface area contributed by atoms with Gasteiger partial charge in [-0.25, -0.2) is 4.39 Å². The van der Waals surface area contributed by atoms with Crippen molar-refractivity contribution in [2.75, 3.05) is 0 Å². The normalized spacial score (nSPS) is 12.5. The van der Waals surface area contributed by atoms with E-state index < -0.39 is 0 Å². The van der Waals surface area contributed by atoms with Crippen molar-refractivity contribution in [1.82, 2.24) is 15.2 Å². The van der Waals surface area contributed by atoms with Crippen LogP contribution in [0.15, 0.2) is 18.2 Å². The second-order valence-corrected chi connectivity index (χ2v) is 3.97. The summed E-state index contributed by atoms with van der Waals surface area (Å²) in [6, 6.07) is 4.79. The maximum atomic E-state index is 13.3. The lowest BCUT2D eigenvalue weighted by Gasteiger charge is -2.12. The number of benzene rings is 1. The van der Waals surface area contributed by atoms with Gasteiger partial charge in [-0.2, -0.15) is 0 Å². The average Bonchev–Trinajstić information content (AvgIpc) is 2.70. The molecule has 1 heterocycles. The van der Waals surface area contributed by atoms with Gasteiger partial charge in [-0.05, 0) is 32.4 Å². The lowest BCUT2D eigenvalue weighted by molar-refractivity contribution is 0.216. The van der Waals surface area contributed by atoms with E-state index in [1.54, 1.807) is 19.1 Å². The number of nitrogens with one attached hydrogen (secondary N) is 1. The second kappa shape index (κ2) is 4.53. The monoisotopic (exact) mass is 235 g/mol. The van der Waals surface area contributed by atoms with Gasteiger partial charge in [-0.3, -0.25) is 0 Å². The Bertz CT molecular complexity index is 524. The van der Waals surface area contributed by atoms with E-state index in [9.17, 15) is 4.39 Å². The first-order valence-electron chi connectivity index (χ1n) is 5.38. The number of rotatable bonds is 3. The summed E-state index contributed by atoms with van der Waals surface area (Å²) in [5.74, 6) is 1.56. The minimum atomic E-state index is -0.293. The molecule has 1 atom stereocenters. The van der Waals surface area contributed by atoms with Crippen LogP contribution in [0.1, 0.15) is 30.2 Å². The number of aromatic nitrogens is 3. The second-order valence-electron chi connectivity index (χ2n) is 3.97. The van der Waals surface area contributed by atoms with Crippen molar-refractivity contribution in [3.8, 4) is 5.75 Å². The van der Waals surface area contributed by atoms with E-state index in [0.717, 1.165) is 5.82 Å². The van der Waals surface area contributed by atoms with E-state index in [-0.39, 0.29) is 11.9 Å². The Morgan fingerprint density at radius 2 is 2.06 bits per heavy atom. The summed E-state index contributed by atoms with van der Waals surface area (Å²) in [5.41, 5.74) is 0.598. The van der Waals surface area contributed by atoms with Crippen molar-refractivity contribution in [2.45, 2.75) is 26.9 Å². The Morgan fingerprint density at radius 1 is 1.29 bits per heavy atom. The summed E-state index contributed by atoms with van der Waals surface area (Å²) in [5, 5.41) is 7.78. The molecule has 2 rings (SSSR count). The SMILES string of the molecule is Cc1nnc([C@H](C)Oc2ccc(C)c(F)c2)[nH]1. The number of hydrogen-bond acceptors (Lipinski definition) is 3. The van der Waals surface area contributed by atoms with Crippen LogP contribution in [-0.4, -0.2) is 15.2 Å². The molecule has 0 bridgehead atoms. The highest BCUT2D eigenvalue weighted by Crippen LogP contribution is 2.21. The highest BCUT2D eigenvalue weighted by molar-refractivity contribution is 5.28. The van der Waals surface area contributed by atoms with Gasteiger partial charge in [0.2, 0.25) is 0 Å². The molecule has 0 aliphatic rings. The van der Waals surface area contributed by atoms with Gasteiger partial charge in [-0.1, -0.05) is 6.07 Å². The van der Waals surface area contributed by atoms with Crippen molar-refractivity contribution in [2.24, 2.45) is 0 Å². The Morgan fingerprint density at radius 3 is 2.65 bits per heavy atom. The first-order chi connectivity index (χ1) is 8.06. The predicted octanol–water partition coefficient (Wildman–Crippen LogP) is 2.70. The van der Waals surface area contributed by atoms with Crippen LogP contribution >= 0.6 is 0 Å². The molecule has 0 fully saturated rings. The molecule has 0 amide bonds. The van der Waals surface area contributed by atoms with Crippen LogP contribution in [0.4, 0.5) is 4.39 Å². The molecular formula is C12H14FN3O. The number of halogens is 1. The maximum absolute atomic E-state index is 13.3. The molecule has 90 valence electrons. The van der Waals surface area contributed by atoms with Crippen LogP contribution < -0.4 is 4.74 Å². The lowest BCUT2D eigenvalue weighted by Crippen LogP contribution is -2.05. The zero-order valence-corrected chi connectivity index (χ0v) is 9.99. The van der Waals surface area contributed by atoms with Crippen molar-refractivity contribution < 1.29 is 9.13 Å². The molecule has 17 heavy (non-hydrogen) atoms. The van der Waals surface area contributed by atoms with Crippen molar-refractivity contribution in [3.05, 3.63) is 41.2 Å². The van der Waals surface area contributed by atoms with Crippen LogP contribution in [0.5, 0.6) is 5.75 Å². The third-order valence-electron chi connectivity index (χ3n) is 2.46. The van der Waals surface area contributed by atoms with Crippen LogP contribution in [-0.2, 0) is 0 Å². The third kappa shape index (κ3) is 2.61. The third-order valence-corrected chi connectivity index (χ3v) is 2.46. The van der Waals surface area contributed by atoms with Gasteiger partial charge in [0.15, 0.2) is 11.9 Å². The number of hydrogen-bond donors (Lipinski definition) is 1. The molecule has 0 saturated heterocycles. The highest BCUT2D eigenvalue weighted by atomic mass is 19.1. The molecule has 2 aromatic rings. The summed E-state index contributed by atoms with van der Waals surface area (Å²) in [7, 11) is 0. The molecule has 0 aliphatic heterocycles. The van der Waals surface area contributed by atoms with Crippen LogP contribution in [0.2, 0.25) is 0 Å². The first kappa shape index (κ1) is 11.6. The summed E-state index contributed by atoms with van der Waals surface area (Å²) in [4.78, 5) is 2.98. The van der Waals surface area contributed by atoms with Gasteiger partial charge in [0.05, 0.1) is 0 Å². The number of ether oxygens (including phenoxy) is 1. The quantitative estimate of drug-likeness (QED) is 0.889. The Hall–Kier alpha value is -1.91. The number of nitrogens with zero attached hydrogens (tertiary/aromatic N) is 2. The fraction of sp³-hybridized carbons (Fsp3) is 0.333. The molecule has 0 aliphatic carbocycles. The van der Waals surface area contributed by atoms with Crippen LogP contribution in [0, 0.1) is 19.7 Å². The van der Waals surface area contributed by atoms with Crippen molar-refractivity contribution in [3.63, 3.8) is 0 Å². The summed E-state index contributed by atoms with van der Waals surface area (Å²) in [6.45, 7) is 5.36. The molecule has 5 heteroatoms. The van der Waals surface area contributed by atoms with Gasteiger partial charge in [-0.15, -0.1) is 10.2 Å². The molecule has 0 radical (unpaired) electrons. The summed E-state index contributed by atoms with van der Waals surface area (Å²) in [6.07, 6.45) is -0.293. The number of H-pyrrole nitrogens is 1. The Labute approximate surface area is 98.8 Å². The maximum Gasteiger partial charge on any atom is 0.171 e. The molecule has 0 spiro atoms. The lowest BCUT2D eigenvalue weighted by atomic mass is 10.2. The zero-order chi connectivity index (χ0) is 12.4. The van der Waals surface area contributed by atoms with E-state index in [1.165, 1.54) is 6.07 Å². The molecule has 0 saturated carbocycles. The van der Waals surface area contributed by atoms with E-state index in [1.807, 2.05) is 13.8 Å². The standard InChI is InChI=1S/C12H14FN3O/c1-7-4-5-10(6-11(7)13)17-8(2)12-14-9(3)15-16-12/h4-6,8H,1-3H3,(H,14,15,16)/t8-/m0/s1. The summed E-state index contributed by atoms with van der Waals surface area (Å²) < 4.78 is 18.9. The molecule has 1 N–H and O–H groups in total. The minimum Gasteiger partial charge on any atom is -0.483 e. The van der Waals surface area contributed by atoms with Gasteiger partial charge in [0.1, 0.15) is 17.4 Å². The zero-order valence-electron chi connectivity index (χ0n) is 9.99. The van der Waals surface area contributed by atoms with Gasteiger partial charge < -0.3 is 9.72 Å². The van der Waals surface area contributed by atoms with E-state index in [0.29, 0.717) is 17.1 Å². The molecule has 1 aromatic heterocycles. The molecule has 0 unspecified atom stereocenters. The van der Waals surface area contributed by atoms with Gasteiger partial charge in [0.25, 0.3) is 0 Å². The van der Waals surface area contributed by atoms with E-state index >= 15 is 0 Å². The van der Waals surface area contributed by atoms with E-state index in [4.69, 9.17) is 4.74 Å². The Balaban J connectivity index is 2.12. The van der Waals surface area contributed by atoms with Crippen molar-refractivity contribution in [1.29, 1.82) is 0 Å². The first-order valence-corrected chi connectivity index (χ1v) is 5.38. The van der Waals surface area contributed by atoms with Gasteiger partial charge >= 0.3 is 0 Å². The largest absolute Gasteiger partial charge is 0.483 e. The topological polar surface area (TPSA) is 50.8 Å². The molecule has 4 nitrogen and oxygen atoms in total. The highest BCUT2D eigenvalue weighted by Gasteiger charge is 2.12. The molecular weight excluding hydrogens is 221 g/mol. The van der Waals surface area contributed by atoms with Gasteiger partial charge in [0, 0.05) is 6.07 Å². The molecule has 1 aromatic carbocycles. The number of aromatic amines is 1. The fourth-order valence-electron chi connectivity index (χ4n) is 1.45. The van der Waals surface area contributed by atoms with Crippen LogP contribution in [0.3, 0.4) is 0 Å². The average molecular weight is 235 g/mol.